The van der Waals surface area contributed by atoms with Crippen molar-refractivity contribution in [3.63, 3.8) is 0 Å². The van der Waals surface area contributed by atoms with Gasteiger partial charge in [0.15, 0.2) is 0 Å². The van der Waals surface area contributed by atoms with E-state index in [1.807, 2.05) is 22.7 Å². The molecule has 0 saturated carbocycles. The second kappa shape index (κ2) is 27.7. The van der Waals surface area contributed by atoms with Gasteiger partial charge in [-0.2, -0.15) is 17.5 Å². The van der Waals surface area contributed by atoms with Gasteiger partial charge >= 0.3 is 0 Å². The van der Waals surface area contributed by atoms with E-state index in [-0.39, 0.29) is 11.6 Å². The molecule has 8 heterocycles. The third kappa shape index (κ3) is 12.7. The number of rotatable bonds is 30. The summed E-state index contributed by atoms with van der Waals surface area (Å²) in [5.74, 6) is 1.41. The van der Waals surface area contributed by atoms with Gasteiger partial charge in [-0.05, 0) is 123 Å². The number of hydrogen-bond donors (Lipinski definition) is 0. The molecule has 0 aliphatic heterocycles. The van der Waals surface area contributed by atoms with Crippen LogP contribution < -0.4 is 9.47 Å². The van der Waals surface area contributed by atoms with Crippen molar-refractivity contribution in [3.8, 4) is 72.8 Å². The molecule has 2 atom stereocenters. The first kappa shape index (κ1) is 59.2. The van der Waals surface area contributed by atoms with Crippen molar-refractivity contribution in [1.82, 2.24) is 17.5 Å². The Morgan fingerprint density at radius 2 is 0.793 bits per heavy atom. The normalized spacial score (nSPS) is 12.8. The van der Waals surface area contributed by atoms with E-state index in [2.05, 4.69) is 102 Å². The number of halogens is 2. The number of aryl methyl sites for hydroxylation is 2. The molecule has 11 aromatic rings. The van der Waals surface area contributed by atoms with Gasteiger partial charge in [0.25, 0.3) is 0 Å². The standard InChI is InChI=1S/C66H72F2N4O2S8/c1-7-13-17-19-23-41-25-27-51(75-41)53-31-29-49(77-53)43-33-47(67)57(61-59(43)69-81-71-61)55-35-45-63(73-37-39(11-5)21-15-9-3)66-46(64(65(45)79-55)74-38-40(12-6)22-16-10-4)36-56(80-66)58-48(68)34-44(60-62(58)72-82-70-60)50-30-32-54(78-50)52-28-26-42(76-52)24-20-18-14-8-2/h25-36,39-40H,7-24,37-38H2,1-6H3. The Morgan fingerprint density at radius 1 is 0.402 bits per heavy atom. The summed E-state index contributed by atoms with van der Waals surface area (Å²) in [4.78, 5) is 11.0. The number of nitrogens with zero attached hydrogens (tertiary/aromatic N) is 4. The Morgan fingerprint density at radius 3 is 1.21 bits per heavy atom. The van der Waals surface area contributed by atoms with Gasteiger partial charge in [-0.1, -0.05) is 119 Å². The van der Waals surface area contributed by atoms with Gasteiger partial charge in [-0.3, -0.25) is 0 Å². The number of benzene rings is 3. The van der Waals surface area contributed by atoms with Crippen molar-refractivity contribution >= 4 is 134 Å². The minimum Gasteiger partial charge on any atom is -0.491 e. The topological polar surface area (TPSA) is 70.0 Å². The fraction of sp³-hybridized carbons (Fsp3) is 0.424. The zero-order valence-electron chi connectivity index (χ0n) is 47.9. The number of aromatic nitrogens is 4. The molecule has 3 aromatic carbocycles. The van der Waals surface area contributed by atoms with Gasteiger partial charge in [0.05, 0.1) is 57.2 Å². The average Bonchev–Trinajstić information content (AvgIpc) is 3.22. The quantitative estimate of drug-likeness (QED) is 0.0418. The smallest absolute Gasteiger partial charge is 0.146 e. The summed E-state index contributed by atoms with van der Waals surface area (Å²) in [6.07, 6.45) is 20.7. The van der Waals surface area contributed by atoms with Crippen LogP contribution >= 0.6 is 91.5 Å². The summed E-state index contributed by atoms with van der Waals surface area (Å²) in [6.45, 7) is 14.5. The van der Waals surface area contributed by atoms with Gasteiger partial charge < -0.3 is 9.47 Å². The first-order valence-corrected chi connectivity index (χ1v) is 36.1. The van der Waals surface area contributed by atoms with Crippen LogP contribution in [0.4, 0.5) is 8.78 Å². The van der Waals surface area contributed by atoms with Crippen LogP contribution in [-0.2, 0) is 12.8 Å². The number of thiophene rings is 6. The zero-order valence-corrected chi connectivity index (χ0v) is 54.4. The molecule has 0 N–H and O–H groups in total. The lowest BCUT2D eigenvalue weighted by Gasteiger charge is -2.19. The molecule has 11 rings (SSSR count). The molecule has 0 fully saturated rings. The molecule has 0 aliphatic carbocycles. The Bertz CT molecular complexity index is 3600. The summed E-state index contributed by atoms with van der Waals surface area (Å²) in [5.41, 5.74) is 4.83. The minimum absolute atomic E-state index is 0.337. The number of hydrogen-bond acceptors (Lipinski definition) is 14. The van der Waals surface area contributed by atoms with Crippen molar-refractivity contribution in [2.24, 2.45) is 11.8 Å². The third-order valence-corrected chi connectivity index (χ3v) is 24.2. The first-order valence-electron chi connectivity index (χ1n) is 29.8. The maximum absolute atomic E-state index is 17.4. The molecule has 8 aromatic heterocycles. The summed E-state index contributed by atoms with van der Waals surface area (Å²) in [5, 5.41) is 1.70. The van der Waals surface area contributed by atoms with Crippen molar-refractivity contribution in [2.75, 3.05) is 13.2 Å². The fourth-order valence-electron chi connectivity index (χ4n) is 11.1. The Balaban J connectivity index is 1.01. The van der Waals surface area contributed by atoms with E-state index in [9.17, 15) is 0 Å². The van der Waals surface area contributed by atoms with Gasteiger partial charge in [0.1, 0.15) is 45.2 Å². The van der Waals surface area contributed by atoms with Gasteiger partial charge in [0, 0.05) is 70.7 Å². The SMILES string of the molecule is CCCCCCc1ccc(-c2ccc(-c3cc(F)c(-c4cc5c(OCC(CC)CCCC)c6sc(-c7c(F)cc(-c8ccc(-c9ccc(CCCCCC)s9)s8)c8nsnc78)cc6c(OCC(CC)CCCC)c5s4)c4nsnc34)s2)s1. The summed E-state index contributed by atoms with van der Waals surface area (Å²) in [6, 6.07) is 25.0. The second-order valence-electron chi connectivity index (χ2n) is 21.8. The molecule has 430 valence electrons. The lowest BCUT2D eigenvalue weighted by molar-refractivity contribution is 0.235. The lowest BCUT2D eigenvalue weighted by Crippen LogP contribution is -2.12. The highest BCUT2D eigenvalue weighted by Gasteiger charge is 2.29. The van der Waals surface area contributed by atoms with Crippen LogP contribution in [0.25, 0.3) is 104 Å². The highest BCUT2D eigenvalue weighted by atomic mass is 32.1. The van der Waals surface area contributed by atoms with Crippen LogP contribution in [-0.4, -0.2) is 30.7 Å². The molecule has 0 bridgehead atoms. The Kier molecular flexibility index (Phi) is 20.0. The van der Waals surface area contributed by atoms with Crippen LogP contribution in [0.15, 0.2) is 72.8 Å². The largest absolute Gasteiger partial charge is 0.491 e. The highest BCUT2D eigenvalue weighted by molar-refractivity contribution is 7.25. The highest BCUT2D eigenvalue weighted by Crippen LogP contribution is 2.55. The van der Waals surface area contributed by atoms with E-state index in [0.717, 1.165) is 138 Å². The third-order valence-electron chi connectivity index (χ3n) is 16.0. The van der Waals surface area contributed by atoms with Crippen LogP contribution in [0.2, 0.25) is 0 Å². The molecule has 0 saturated heterocycles. The van der Waals surface area contributed by atoms with E-state index in [0.29, 0.717) is 69.7 Å². The maximum Gasteiger partial charge on any atom is 0.146 e. The van der Waals surface area contributed by atoms with E-state index in [1.165, 1.54) is 103 Å². The fourth-order valence-corrected chi connectivity index (χ4v) is 19.0. The van der Waals surface area contributed by atoms with Crippen molar-refractivity contribution in [3.05, 3.63) is 94.2 Å². The van der Waals surface area contributed by atoms with Gasteiger partial charge in [-0.15, -0.1) is 68.0 Å². The predicted molar refractivity (Wildman–Crippen MR) is 356 cm³/mol. The zero-order chi connectivity index (χ0) is 56.7. The summed E-state index contributed by atoms with van der Waals surface area (Å²) < 4.78 is 70.3. The number of unbranched alkanes of at least 4 members (excludes halogenated alkanes) is 8. The van der Waals surface area contributed by atoms with E-state index < -0.39 is 0 Å². The molecular formula is C66H72F2N4O2S8. The van der Waals surface area contributed by atoms with E-state index in [1.54, 1.807) is 34.8 Å². The predicted octanol–water partition coefficient (Wildman–Crippen LogP) is 24.1. The van der Waals surface area contributed by atoms with Crippen LogP contribution in [0, 0.1) is 23.5 Å². The Labute approximate surface area is 514 Å². The van der Waals surface area contributed by atoms with Crippen molar-refractivity contribution in [2.45, 2.75) is 157 Å². The molecule has 16 heteroatoms. The molecule has 2 unspecified atom stereocenters. The average molecular weight is 1250 g/mol. The van der Waals surface area contributed by atoms with Crippen molar-refractivity contribution < 1.29 is 18.3 Å². The number of fused-ring (bicyclic) bond motifs is 4. The van der Waals surface area contributed by atoms with Crippen LogP contribution in [0.5, 0.6) is 11.5 Å². The van der Waals surface area contributed by atoms with E-state index in [4.69, 9.17) is 27.0 Å². The molecular weight excluding hydrogens is 1180 g/mol. The lowest BCUT2D eigenvalue weighted by atomic mass is 10.0. The molecule has 82 heavy (non-hydrogen) atoms. The minimum atomic E-state index is -0.347. The maximum atomic E-state index is 17.4. The van der Waals surface area contributed by atoms with Crippen molar-refractivity contribution in [1.29, 1.82) is 0 Å². The summed E-state index contributed by atoms with van der Waals surface area (Å²) in [7, 11) is 0. The van der Waals surface area contributed by atoms with Crippen LogP contribution in [0.3, 0.4) is 0 Å². The van der Waals surface area contributed by atoms with Crippen LogP contribution in [0.1, 0.15) is 154 Å². The second-order valence-corrected chi connectivity index (χ2v) is 29.5. The Hall–Kier alpha value is -4.52. The van der Waals surface area contributed by atoms with E-state index >= 15 is 8.78 Å². The first-order chi connectivity index (χ1) is 40.2. The molecule has 0 aliphatic rings. The summed E-state index contributed by atoms with van der Waals surface area (Å²) >= 11 is 12.3. The molecule has 0 amide bonds. The molecule has 0 spiro atoms. The van der Waals surface area contributed by atoms with Gasteiger partial charge in [0.2, 0.25) is 0 Å². The molecule has 0 radical (unpaired) electrons. The monoisotopic (exact) mass is 1250 g/mol. The molecule has 6 nitrogen and oxygen atoms in total. The number of ether oxygens (including phenoxy) is 2. The van der Waals surface area contributed by atoms with Gasteiger partial charge in [-0.25, -0.2) is 8.78 Å².